The molecular formula is C14H24N2. The summed E-state index contributed by atoms with van der Waals surface area (Å²) >= 11 is 0. The second kappa shape index (κ2) is 8.31. The average molecular weight is 220 g/mol. The first kappa shape index (κ1) is 13.2. The van der Waals surface area contributed by atoms with Gasteiger partial charge in [-0.25, -0.2) is 0 Å². The number of rotatable bonds is 8. The molecule has 0 aliphatic rings. The van der Waals surface area contributed by atoms with E-state index in [1.807, 2.05) is 0 Å². The van der Waals surface area contributed by atoms with Crippen LogP contribution >= 0.6 is 0 Å². The van der Waals surface area contributed by atoms with Gasteiger partial charge >= 0.3 is 0 Å². The first-order chi connectivity index (χ1) is 7.86. The summed E-state index contributed by atoms with van der Waals surface area (Å²) in [6.45, 7) is 9.97. The molecule has 1 aromatic carbocycles. The Labute approximate surface area is 99.7 Å². The van der Waals surface area contributed by atoms with Crippen molar-refractivity contribution in [2.24, 2.45) is 0 Å². The van der Waals surface area contributed by atoms with Crippen LogP contribution in [0.3, 0.4) is 0 Å². The lowest BCUT2D eigenvalue weighted by Crippen LogP contribution is -2.27. The van der Waals surface area contributed by atoms with Gasteiger partial charge in [0, 0.05) is 6.54 Å². The molecule has 0 radical (unpaired) electrons. The van der Waals surface area contributed by atoms with E-state index in [-0.39, 0.29) is 0 Å². The van der Waals surface area contributed by atoms with E-state index in [4.69, 9.17) is 0 Å². The van der Waals surface area contributed by atoms with Crippen LogP contribution in [0.15, 0.2) is 30.3 Å². The van der Waals surface area contributed by atoms with Gasteiger partial charge in [0.05, 0.1) is 0 Å². The molecule has 16 heavy (non-hydrogen) atoms. The summed E-state index contributed by atoms with van der Waals surface area (Å²) in [6, 6.07) is 10.7. The molecule has 0 saturated heterocycles. The molecule has 0 fully saturated rings. The van der Waals surface area contributed by atoms with Gasteiger partial charge < -0.3 is 5.32 Å². The van der Waals surface area contributed by atoms with Gasteiger partial charge in [-0.05, 0) is 38.2 Å². The van der Waals surface area contributed by atoms with E-state index < -0.39 is 0 Å². The zero-order valence-corrected chi connectivity index (χ0v) is 10.6. The molecule has 1 aromatic rings. The topological polar surface area (TPSA) is 15.3 Å². The molecule has 0 aliphatic carbocycles. The Morgan fingerprint density at radius 2 is 1.88 bits per heavy atom. The lowest BCUT2D eigenvalue weighted by Gasteiger charge is -2.20. The van der Waals surface area contributed by atoms with Crippen LogP contribution in [-0.2, 0) is 6.54 Å². The van der Waals surface area contributed by atoms with Crippen molar-refractivity contribution < 1.29 is 0 Å². The van der Waals surface area contributed by atoms with Gasteiger partial charge in [0.15, 0.2) is 0 Å². The van der Waals surface area contributed by atoms with Crippen molar-refractivity contribution in [1.82, 2.24) is 10.2 Å². The number of hydrogen-bond acceptors (Lipinski definition) is 2. The molecule has 1 N–H and O–H groups in total. The molecule has 0 saturated carbocycles. The van der Waals surface area contributed by atoms with E-state index >= 15 is 0 Å². The molecule has 0 unspecified atom stereocenters. The third-order valence-electron chi connectivity index (χ3n) is 2.77. The molecule has 0 spiro atoms. The Bertz CT molecular complexity index is 259. The SMILES string of the molecule is CCNCCCN(CC)Cc1ccccc1. The van der Waals surface area contributed by atoms with Crippen LogP contribution in [0.25, 0.3) is 0 Å². The zero-order chi connectivity index (χ0) is 11.6. The minimum Gasteiger partial charge on any atom is -0.317 e. The Hall–Kier alpha value is -0.860. The molecule has 0 bridgehead atoms. The summed E-state index contributed by atoms with van der Waals surface area (Å²) in [6.07, 6.45) is 1.23. The van der Waals surface area contributed by atoms with Crippen LogP contribution in [0.1, 0.15) is 25.8 Å². The van der Waals surface area contributed by atoms with Gasteiger partial charge in [-0.3, -0.25) is 4.90 Å². The monoisotopic (exact) mass is 220 g/mol. The summed E-state index contributed by atoms with van der Waals surface area (Å²) in [5.41, 5.74) is 1.41. The normalized spacial score (nSPS) is 10.9. The van der Waals surface area contributed by atoms with Crippen LogP contribution in [-0.4, -0.2) is 31.1 Å². The van der Waals surface area contributed by atoms with Crippen LogP contribution in [0.4, 0.5) is 0 Å². The van der Waals surface area contributed by atoms with Crippen molar-refractivity contribution in [2.45, 2.75) is 26.8 Å². The predicted octanol–water partition coefficient (Wildman–Crippen LogP) is 2.51. The van der Waals surface area contributed by atoms with E-state index in [0.717, 1.165) is 26.2 Å². The van der Waals surface area contributed by atoms with Gasteiger partial charge in [-0.15, -0.1) is 0 Å². The van der Waals surface area contributed by atoms with Crippen molar-refractivity contribution in [3.63, 3.8) is 0 Å². The highest BCUT2D eigenvalue weighted by Crippen LogP contribution is 2.04. The summed E-state index contributed by atoms with van der Waals surface area (Å²) in [7, 11) is 0. The highest BCUT2D eigenvalue weighted by molar-refractivity contribution is 5.14. The fourth-order valence-corrected chi connectivity index (χ4v) is 1.80. The van der Waals surface area contributed by atoms with Crippen LogP contribution in [0.2, 0.25) is 0 Å². The summed E-state index contributed by atoms with van der Waals surface area (Å²) < 4.78 is 0. The Kier molecular flexibility index (Phi) is 6.86. The van der Waals surface area contributed by atoms with E-state index in [1.54, 1.807) is 0 Å². The maximum atomic E-state index is 3.36. The molecule has 0 atom stereocenters. The maximum Gasteiger partial charge on any atom is 0.0233 e. The largest absolute Gasteiger partial charge is 0.317 e. The molecule has 0 aromatic heterocycles. The first-order valence-corrected chi connectivity index (χ1v) is 6.33. The number of nitrogens with zero attached hydrogens (tertiary/aromatic N) is 1. The number of hydrogen-bond donors (Lipinski definition) is 1. The molecule has 0 amide bonds. The zero-order valence-electron chi connectivity index (χ0n) is 10.6. The minimum absolute atomic E-state index is 1.07. The quantitative estimate of drug-likeness (QED) is 0.677. The average Bonchev–Trinajstić information content (AvgIpc) is 2.34. The molecule has 2 heteroatoms. The standard InChI is InChI=1S/C14H24N2/c1-3-15-11-8-12-16(4-2)13-14-9-6-5-7-10-14/h5-7,9-10,15H,3-4,8,11-13H2,1-2H3. The summed E-state index contributed by atoms with van der Waals surface area (Å²) in [5.74, 6) is 0. The lowest BCUT2D eigenvalue weighted by atomic mass is 10.2. The highest BCUT2D eigenvalue weighted by atomic mass is 15.1. The van der Waals surface area contributed by atoms with Crippen molar-refractivity contribution >= 4 is 0 Å². The van der Waals surface area contributed by atoms with Crippen molar-refractivity contribution in [2.75, 3.05) is 26.2 Å². The molecule has 0 aliphatic heterocycles. The van der Waals surface area contributed by atoms with E-state index in [1.165, 1.54) is 18.5 Å². The molecule has 0 heterocycles. The second-order valence-corrected chi connectivity index (χ2v) is 4.06. The molecule has 90 valence electrons. The van der Waals surface area contributed by atoms with Gasteiger partial charge in [-0.1, -0.05) is 44.2 Å². The predicted molar refractivity (Wildman–Crippen MR) is 70.6 cm³/mol. The van der Waals surface area contributed by atoms with Crippen LogP contribution in [0, 0.1) is 0 Å². The van der Waals surface area contributed by atoms with Crippen LogP contribution < -0.4 is 5.32 Å². The maximum absolute atomic E-state index is 3.36. The molecular weight excluding hydrogens is 196 g/mol. The second-order valence-electron chi connectivity index (χ2n) is 4.06. The van der Waals surface area contributed by atoms with Crippen molar-refractivity contribution in [1.29, 1.82) is 0 Å². The van der Waals surface area contributed by atoms with Gasteiger partial charge in [0.1, 0.15) is 0 Å². The fraction of sp³-hybridized carbons (Fsp3) is 0.571. The third kappa shape index (κ3) is 5.29. The minimum atomic E-state index is 1.07. The van der Waals surface area contributed by atoms with E-state index in [2.05, 4.69) is 54.4 Å². The van der Waals surface area contributed by atoms with Gasteiger partial charge in [0.25, 0.3) is 0 Å². The van der Waals surface area contributed by atoms with E-state index in [0.29, 0.717) is 0 Å². The Morgan fingerprint density at radius 1 is 1.12 bits per heavy atom. The third-order valence-corrected chi connectivity index (χ3v) is 2.77. The Balaban J connectivity index is 2.26. The highest BCUT2D eigenvalue weighted by Gasteiger charge is 2.02. The van der Waals surface area contributed by atoms with Gasteiger partial charge in [-0.2, -0.15) is 0 Å². The molecule has 2 nitrogen and oxygen atoms in total. The number of benzene rings is 1. The van der Waals surface area contributed by atoms with Crippen LogP contribution in [0.5, 0.6) is 0 Å². The summed E-state index contributed by atoms with van der Waals surface area (Å²) in [5, 5.41) is 3.36. The Morgan fingerprint density at radius 3 is 2.50 bits per heavy atom. The van der Waals surface area contributed by atoms with E-state index in [9.17, 15) is 0 Å². The van der Waals surface area contributed by atoms with Gasteiger partial charge in [0.2, 0.25) is 0 Å². The van der Waals surface area contributed by atoms with Crippen molar-refractivity contribution in [3.05, 3.63) is 35.9 Å². The first-order valence-electron chi connectivity index (χ1n) is 6.33. The summed E-state index contributed by atoms with van der Waals surface area (Å²) in [4.78, 5) is 2.49. The molecule has 1 rings (SSSR count). The fourth-order valence-electron chi connectivity index (χ4n) is 1.80. The lowest BCUT2D eigenvalue weighted by molar-refractivity contribution is 0.275. The smallest absolute Gasteiger partial charge is 0.0233 e. The number of nitrogens with one attached hydrogen (secondary N) is 1. The van der Waals surface area contributed by atoms with Crippen molar-refractivity contribution in [3.8, 4) is 0 Å².